The van der Waals surface area contributed by atoms with E-state index in [2.05, 4.69) is 25.8 Å². The van der Waals surface area contributed by atoms with Crippen molar-refractivity contribution in [1.29, 1.82) is 0 Å². The average molecular weight is 264 g/mol. The maximum Gasteiger partial charge on any atom is 0.128 e. The van der Waals surface area contributed by atoms with Crippen LogP contribution >= 0.6 is 0 Å². The number of rotatable bonds is 6. The number of halogens is 1. The first kappa shape index (κ1) is 14.5. The first-order valence-corrected chi connectivity index (χ1v) is 7.28. The van der Waals surface area contributed by atoms with Crippen molar-refractivity contribution in [3.63, 3.8) is 0 Å². The summed E-state index contributed by atoms with van der Waals surface area (Å²) in [4.78, 5) is 2.27. The molecule has 1 saturated carbocycles. The topological polar surface area (TPSA) is 29.3 Å². The molecule has 0 amide bonds. The molecule has 0 bridgehead atoms. The quantitative estimate of drug-likeness (QED) is 0.854. The smallest absolute Gasteiger partial charge is 0.128 e. The number of benzene rings is 1. The summed E-state index contributed by atoms with van der Waals surface area (Å²) in [6.07, 6.45) is 3.43. The monoisotopic (exact) mass is 264 g/mol. The van der Waals surface area contributed by atoms with E-state index in [0.29, 0.717) is 6.04 Å². The molecule has 1 aliphatic rings. The summed E-state index contributed by atoms with van der Waals surface area (Å²) < 4.78 is 14.1. The Kier molecular flexibility index (Phi) is 4.58. The molecular weight excluding hydrogens is 239 g/mol. The van der Waals surface area contributed by atoms with Gasteiger partial charge in [-0.3, -0.25) is 4.90 Å². The number of nitrogens with two attached hydrogens (primary N) is 1. The molecule has 2 N–H and O–H groups in total. The van der Waals surface area contributed by atoms with Crippen LogP contribution in [-0.4, -0.2) is 24.0 Å². The molecule has 0 aliphatic heterocycles. The van der Waals surface area contributed by atoms with E-state index in [1.54, 1.807) is 6.07 Å². The number of nitrogens with zero attached hydrogens (tertiary/aromatic N) is 1. The van der Waals surface area contributed by atoms with Crippen LogP contribution in [0.15, 0.2) is 24.3 Å². The van der Waals surface area contributed by atoms with Gasteiger partial charge in [-0.05, 0) is 45.2 Å². The summed E-state index contributed by atoms with van der Waals surface area (Å²) in [6.45, 7) is 4.29. The Hall–Kier alpha value is -0.930. The lowest BCUT2D eigenvalue weighted by Gasteiger charge is -2.37. The summed E-state index contributed by atoms with van der Waals surface area (Å²) in [5.41, 5.74) is 7.00. The van der Waals surface area contributed by atoms with E-state index in [-0.39, 0.29) is 17.9 Å². The third kappa shape index (κ3) is 3.15. The minimum absolute atomic E-state index is 0.0388. The van der Waals surface area contributed by atoms with Gasteiger partial charge in [0.15, 0.2) is 0 Å². The van der Waals surface area contributed by atoms with Gasteiger partial charge in [0.25, 0.3) is 0 Å². The molecule has 106 valence electrons. The maximum atomic E-state index is 14.1. The predicted octanol–water partition coefficient (Wildman–Crippen LogP) is 3.33. The maximum absolute atomic E-state index is 14.1. The van der Waals surface area contributed by atoms with Crippen molar-refractivity contribution in [2.75, 3.05) is 7.05 Å². The lowest BCUT2D eigenvalue weighted by Crippen LogP contribution is -2.44. The molecule has 0 radical (unpaired) electrons. The van der Waals surface area contributed by atoms with Gasteiger partial charge in [-0.2, -0.15) is 0 Å². The highest BCUT2D eigenvalue weighted by molar-refractivity contribution is 5.23. The molecule has 1 aromatic rings. The highest BCUT2D eigenvalue weighted by Gasteiger charge is 2.36. The van der Waals surface area contributed by atoms with E-state index in [0.717, 1.165) is 17.9 Å². The van der Waals surface area contributed by atoms with Crippen LogP contribution in [0.2, 0.25) is 0 Å². The van der Waals surface area contributed by atoms with E-state index >= 15 is 0 Å². The number of hydrogen-bond acceptors (Lipinski definition) is 2. The summed E-state index contributed by atoms with van der Waals surface area (Å²) in [5, 5.41) is 0. The fourth-order valence-corrected chi connectivity index (χ4v) is 2.85. The molecule has 1 fully saturated rings. The number of hydrogen-bond donors (Lipinski definition) is 1. The van der Waals surface area contributed by atoms with Gasteiger partial charge in [0.2, 0.25) is 0 Å². The normalized spacial score (nSPS) is 20.3. The lowest BCUT2D eigenvalue weighted by atomic mass is 9.94. The summed E-state index contributed by atoms with van der Waals surface area (Å²) >= 11 is 0. The molecule has 19 heavy (non-hydrogen) atoms. The predicted molar refractivity (Wildman–Crippen MR) is 77.4 cm³/mol. The van der Waals surface area contributed by atoms with Gasteiger partial charge in [-0.1, -0.05) is 25.1 Å². The van der Waals surface area contributed by atoms with Crippen LogP contribution in [0.4, 0.5) is 4.39 Å². The second-order valence-electron chi connectivity index (χ2n) is 5.78. The SMILES string of the molecule is CCC(N)C(c1ccccc1F)N(C)C(C)C1CC1. The third-order valence-corrected chi connectivity index (χ3v) is 4.49. The molecule has 2 nitrogen and oxygen atoms in total. The van der Waals surface area contributed by atoms with Crippen LogP contribution in [0.3, 0.4) is 0 Å². The molecule has 1 aliphatic carbocycles. The third-order valence-electron chi connectivity index (χ3n) is 4.49. The zero-order chi connectivity index (χ0) is 14.0. The van der Waals surface area contributed by atoms with E-state index in [1.807, 2.05) is 12.1 Å². The van der Waals surface area contributed by atoms with Gasteiger partial charge >= 0.3 is 0 Å². The Bertz CT molecular complexity index is 417. The highest BCUT2D eigenvalue weighted by Crippen LogP contribution is 2.38. The van der Waals surface area contributed by atoms with Crippen LogP contribution in [-0.2, 0) is 0 Å². The van der Waals surface area contributed by atoms with Crippen molar-refractivity contribution in [2.24, 2.45) is 11.7 Å². The first-order chi connectivity index (χ1) is 9.06. The second kappa shape index (κ2) is 6.02. The van der Waals surface area contributed by atoms with E-state index in [9.17, 15) is 4.39 Å². The molecule has 3 heteroatoms. The number of likely N-dealkylation sites (N-methyl/N-ethyl adjacent to an activating group) is 1. The minimum atomic E-state index is -0.147. The highest BCUT2D eigenvalue weighted by atomic mass is 19.1. The average Bonchev–Trinajstić information content (AvgIpc) is 3.24. The van der Waals surface area contributed by atoms with E-state index < -0.39 is 0 Å². The standard InChI is InChI=1S/C16H25FN2/c1-4-15(18)16(13-7-5-6-8-14(13)17)19(3)11(2)12-9-10-12/h5-8,11-12,15-16H,4,9-10,18H2,1-3H3. The molecular formula is C16H25FN2. The zero-order valence-electron chi connectivity index (χ0n) is 12.1. The summed E-state index contributed by atoms with van der Waals surface area (Å²) in [7, 11) is 2.08. The minimum Gasteiger partial charge on any atom is -0.326 e. The van der Waals surface area contributed by atoms with Gasteiger partial charge in [0.05, 0.1) is 6.04 Å². The Morgan fingerprint density at radius 2 is 2.00 bits per heavy atom. The van der Waals surface area contributed by atoms with Crippen LogP contribution in [0.1, 0.15) is 44.7 Å². The molecule has 3 atom stereocenters. The van der Waals surface area contributed by atoms with Gasteiger partial charge in [-0.15, -0.1) is 0 Å². The van der Waals surface area contributed by atoms with E-state index in [1.165, 1.54) is 18.9 Å². The fourth-order valence-electron chi connectivity index (χ4n) is 2.85. The first-order valence-electron chi connectivity index (χ1n) is 7.28. The fraction of sp³-hybridized carbons (Fsp3) is 0.625. The molecule has 0 spiro atoms. The Morgan fingerprint density at radius 1 is 1.37 bits per heavy atom. The Labute approximate surface area is 115 Å². The van der Waals surface area contributed by atoms with E-state index in [4.69, 9.17) is 5.73 Å². The van der Waals surface area contributed by atoms with Crippen molar-refractivity contribution in [1.82, 2.24) is 4.90 Å². The zero-order valence-corrected chi connectivity index (χ0v) is 12.1. The largest absolute Gasteiger partial charge is 0.326 e. The molecule has 0 saturated heterocycles. The van der Waals surface area contributed by atoms with Crippen molar-refractivity contribution >= 4 is 0 Å². The van der Waals surface area contributed by atoms with Gasteiger partial charge in [0, 0.05) is 17.6 Å². The molecule has 0 heterocycles. The van der Waals surface area contributed by atoms with Crippen molar-refractivity contribution < 1.29 is 4.39 Å². The lowest BCUT2D eigenvalue weighted by molar-refractivity contribution is 0.140. The summed E-state index contributed by atoms with van der Waals surface area (Å²) in [5.74, 6) is 0.606. The molecule has 3 unspecified atom stereocenters. The van der Waals surface area contributed by atoms with Crippen LogP contribution in [0, 0.1) is 11.7 Å². The second-order valence-corrected chi connectivity index (χ2v) is 5.78. The van der Waals surface area contributed by atoms with Gasteiger partial charge in [-0.25, -0.2) is 4.39 Å². The van der Waals surface area contributed by atoms with Crippen LogP contribution < -0.4 is 5.73 Å². The van der Waals surface area contributed by atoms with Gasteiger partial charge in [0.1, 0.15) is 5.82 Å². The van der Waals surface area contributed by atoms with Crippen LogP contribution in [0.25, 0.3) is 0 Å². The van der Waals surface area contributed by atoms with Crippen molar-refractivity contribution in [3.05, 3.63) is 35.6 Å². The Morgan fingerprint density at radius 3 is 2.53 bits per heavy atom. The molecule has 2 rings (SSSR count). The molecule has 0 aromatic heterocycles. The molecule has 1 aromatic carbocycles. The van der Waals surface area contributed by atoms with Crippen molar-refractivity contribution in [2.45, 2.75) is 51.2 Å². The van der Waals surface area contributed by atoms with Crippen molar-refractivity contribution in [3.8, 4) is 0 Å². The Balaban J connectivity index is 2.27. The summed E-state index contributed by atoms with van der Waals surface area (Å²) in [6, 6.07) is 7.40. The van der Waals surface area contributed by atoms with Gasteiger partial charge < -0.3 is 5.73 Å². The van der Waals surface area contributed by atoms with Crippen LogP contribution in [0.5, 0.6) is 0 Å².